The minimum Gasteiger partial charge on any atom is -0.166 e. The molecule has 0 N–H and O–H groups in total. The van der Waals surface area contributed by atoms with Crippen LogP contribution in [0.3, 0.4) is 0 Å². The van der Waals surface area contributed by atoms with Gasteiger partial charge >= 0.3 is 6.18 Å². The summed E-state index contributed by atoms with van der Waals surface area (Å²) in [6.07, 6.45) is 1.21. The average Bonchev–Trinajstić information content (AvgIpc) is 3.10. The zero-order valence-electron chi connectivity index (χ0n) is 11.6. The molecule has 2 atom stereocenters. The second-order valence-electron chi connectivity index (χ2n) is 5.63. The predicted octanol–water partition coefficient (Wildman–Crippen LogP) is 5.56. The van der Waals surface area contributed by atoms with Crippen molar-refractivity contribution in [2.75, 3.05) is 0 Å². The lowest BCUT2D eigenvalue weighted by atomic mass is 9.88. The Morgan fingerprint density at radius 3 is 2.58 bits per heavy atom. The van der Waals surface area contributed by atoms with Gasteiger partial charge in [0.25, 0.3) is 0 Å². The highest BCUT2D eigenvalue weighted by Crippen LogP contribution is 2.59. The zero-order chi connectivity index (χ0) is 14.1. The number of benzene rings is 1. The highest BCUT2D eigenvalue weighted by atomic mass is 19.4. The molecule has 2 rings (SSSR count). The van der Waals surface area contributed by atoms with Gasteiger partial charge in [0.05, 0.1) is 5.56 Å². The van der Waals surface area contributed by atoms with E-state index in [1.54, 1.807) is 6.07 Å². The van der Waals surface area contributed by atoms with Gasteiger partial charge in [-0.2, -0.15) is 13.2 Å². The van der Waals surface area contributed by atoms with E-state index in [0.717, 1.165) is 37.3 Å². The Morgan fingerprint density at radius 2 is 2.00 bits per heavy atom. The predicted molar refractivity (Wildman–Crippen MR) is 71.0 cm³/mol. The fourth-order valence-electron chi connectivity index (χ4n) is 3.21. The molecule has 0 aromatic heterocycles. The van der Waals surface area contributed by atoms with E-state index < -0.39 is 11.7 Å². The van der Waals surface area contributed by atoms with Crippen LogP contribution in [-0.4, -0.2) is 0 Å². The summed E-state index contributed by atoms with van der Waals surface area (Å²) in [6, 6.07) is 5.93. The van der Waals surface area contributed by atoms with Crippen molar-refractivity contribution in [3.63, 3.8) is 0 Å². The number of hydrogen-bond acceptors (Lipinski definition) is 0. The minimum absolute atomic E-state index is 0.0103. The Balaban J connectivity index is 2.22. The first-order chi connectivity index (χ1) is 8.94. The SMILES string of the molecule is CCCCC1CC1(CC)c1cccc(C(F)(F)F)c1. The Kier molecular flexibility index (Phi) is 3.93. The van der Waals surface area contributed by atoms with E-state index in [1.807, 2.05) is 6.07 Å². The normalized spacial score (nSPS) is 26.5. The van der Waals surface area contributed by atoms with Crippen molar-refractivity contribution >= 4 is 0 Å². The third-order valence-electron chi connectivity index (χ3n) is 4.53. The molecule has 106 valence electrons. The maximum absolute atomic E-state index is 12.8. The fraction of sp³-hybridized carbons (Fsp3) is 0.625. The van der Waals surface area contributed by atoms with E-state index in [4.69, 9.17) is 0 Å². The first-order valence-corrected chi connectivity index (χ1v) is 7.11. The van der Waals surface area contributed by atoms with Crippen LogP contribution in [0, 0.1) is 5.92 Å². The standard InChI is InChI=1S/C16H21F3/c1-3-5-7-14-11-15(14,4-2)12-8-6-9-13(10-12)16(17,18)19/h6,8-10,14H,3-5,7,11H2,1-2H3. The van der Waals surface area contributed by atoms with Crippen molar-refractivity contribution in [3.05, 3.63) is 35.4 Å². The van der Waals surface area contributed by atoms with Crippen LogP contribution in [0.1, 0.15) is 57.1 Å². The molecule has 1 aromatic carbocycles. The van der Waals surface area contributed by atoms with Crippen LogP contribution in [0.15, 0.2) is 24.3 Å². The van der Waals surface area contributed by atoms with Crippen LogP contribution in [-0.2, 0) is 11.6 Å². The molecule has 19 heavy (non-hydrogen) atoms. The Bertz CT molecular complexity index is 436. The van der Waals surface area contributed by atoms with Crippen molar-refractivity contribution in [1.82, 2.24) is 0 Å². The second-order valence-corrected chi connectivity index (χ2v) is 5.63. The maximum Gasteiger partial charge on any atom is 0.416 e. The topological polar surface area (TPSA) is 0 Å². The summed E-state index contributed by atoms with van der Waals surface area (Å²) < 4.78 is 38.3. The molecule has 1 saturated carbocycles. The van der Waals surface area contributed by atoms with Crippen LogP contribution >= 0.6 is 0 Å². The molecule has 0 heterocycles. The van der Waals surface area contributed by atoms with Crippen LogP contribution < -0.4 is 0 Å². The molecule has 0 amide bonds. The number of rotatable bonds is 5. The molecular weight excluding hydrogens is 249 g/mol. The molecule has 2 unspecified atom stereocenters. The molecule has 0 spiro atoms. The zero-order valence-corrected chi connectivity index (χ0v) is 11.6. The van der Waals surface area contributed by atoms with Gasteiger partial charge in [0.1, 0.15) is 0 Å². The van der Waals surface area contributed by atoms with Gasteiger partial charge < -0.3 is 0 Å². The van der Waals surface area contributed by atoms with Gasteiger partial charge in [-0.25, -0.2) is 0 Å². The summed E-state index contributed by atoms with van der Waals surface area (Å²) in [4.78, 5) is 0. The van der Waals surface area contributed by atoms with Gasteiger partial charge in [-0.15, -0.1) is 0 Å². The van der Waals surface area contributed by atoms with E-state index in [0.29, 0.717) is 5.92 Å². The monoisotopic (exact) mass is 270 g/mol. The first-order valence-electron chi connectivity index (χ1n) is 7.11. The molecule has 1 aliphatic carbocycles. The molecule has 1 aromatic rings. The summed E-state index contributed by atoms with van der Waals surface area (Å²) in [6.45, 7) is 4.24. The Labute approximate surface area is 113 Å². The minimum atomic E-state index is -4.24. The van der Waals surface area contributed by atoms with Crippen molar-refractivity contribution in [3.8, 4) is 0 Å². The fourth-order valence-corrected chi connectivity index (χ4v) is 3.21. The van der Waals surface area contributed by atoms with E-state index in [2.05, 4.69) is 13.8 Å². The summed E-state index contributed by atoms with van der Waals surface area (Å²) >= 11 is 0. The van der Waals surface area contributed by atoms with E-state index in [1.165, 1.54) is 12.5 Å². The molecule has 3 heteroatoms. The van der Waals surface area contributed by atoms with Crippen LogP contribution in [0.4, 0.5) is 13.2 Å². The molecule has 0 nitrogen and oxygen atoms in total. The van der Waals surface area contributed by atoms with Crippen LogP contribution in [0.5, 0.6) is 0 Å². The first kappa shape index (κ1) is 14.4. The number of hydrogen-bond donors (Lipinski definition) is 0. The van der Waals surface area contributed by atoms with Crippen LogP contribution in [0.25, 0.3) is 0 Å². The number of unbranched alkanes of at least 4 members (excludes halogenated alkanes) is 1. The summed E-state index contributed by atoms with van der Waals surface area (Å²) in [5.41, 5.74) is 0.376. The Morgan fingerprint density at radius 1 is 1.26 bits per heavy atom. The molecule has 0 saturated heterocycles. The second kappa shape index (κ2) is 5.18. The maximum atomic E-state index is 12.8. The van der Waals surface area contributed by atoms with Gasteiger partial charge in [0.15, 0.2) is 0 Å². The molecule has 1 aliphatic rings. The van der Waals surface area contributed by atoms with Gasteiger partial charge in [0, 0.05) is 0 Å². The average molecular weight is 270 g/mol. The largest absolute Gasteiger partial charge is 0.416 e. The van der Waals surface area contributed by atoms with Crippen molar-refractivity contribution in [1.29, 1.82) is 0 Å². The molecule has 0 radical (unpaired) electrons. The smallest absolute Gasteiger partial charge is 0.166 e. The van der Waals surface area contributed by atoms with Gasteiger partial charge in [-0.1, -0.05) is 44.9 Å². The van der Waals surface area contributed by atoms with Crippen molar-refractivity contribution in [2.45, 2.75) is 57.5 Å². The van der Waals surface area contributed by atoms with E-state index >= 15 is 0 Å². The molecule has 0 bridgehead atoms. The Hall–Kier alpha value is -0.990. The summed E-state index contributed by atoms with van der Waals surface area (Å²) in [7, 11) is 0. The number of halogens is 3. The summed E-state index contributed by atoms with van der Waals surface area (Å²) in [5, 5.41) is 0. The highest BCUT2D eigenvalue weighted by molar-refractivity contribution is 5.37. The molecule has 0 aliphatic heterocycles. The molecular formula is C16H21F3. The quantitative estimate of drug-likeness (QED) is 0.656. The lowest BCUT2D eigenvalue weighted by Crippen LogP contribution is -2.12. The number of alkyl halides is 3. The molecule has 1 fully saturated rings. The van der Waals surface area contributed by atoms with Gasteiger partial charge in [0.2, 0.25) is 0 Å². The third kappa shape index (κ3) is 2.80. The van der Waals surface area contributed by atoms with Crippen LogP contribution in [0.2, 0.25) is 0 Å². The third-order valence-corrected chi connectivity index (χ3v) is 4.53. The van der Waals surface area contributed by atoms with Gasteiger partial charge in [-0.3, -0.25) is 0 Å². The lowest BCUT2D eigenvalue weighted by molar-refractivity contribution is -0.137. The highest BCUT2D eigenvalue weighted by Gasteiger charge is 2.53. The van der Waals surface area contributed by atoms with E-state index in [9.17, 15) is 13.2 Å². The van der Waals surface area contributed by atoms with Gasteiger partial charge in [-0.05, 0) is 42.2 Å². The van der Waals surface area contributed by atoms with Crippen molar-refractivity contribution in [2.24, 2.45) is 5.92 Å². The van der Waals surface area contributed by atoms with Crippen molar-refractivity contribution < 1.29 is 13.2 Å². The van der Waals surface area contributed by atoms with E-state index in [-0.39, 0.29) is 5.41 Å². The summed E-state index contributed by atoms with van der Waals surface area (Å²) in [5.74, 6) is 0.570. The lowest BCUT2D eigenvalue weighted by Gasteiger charge is -2.18.